The number of aromatic nitrogens is 2. The first-order valence-corrected chi connectivity index (χ1v) is 9.40. The third kappa shape index (κ3) is 4.45. The number of benzene rings is 2. The fourth-order valence-corrected chi connectivity index (χ4v) is 3.38. The summed E-state index contributed by atoms with van der Waals surface area (Å²) in [5.74, 6) is 1.65. The van der Waals surface area contributed by atoms with Gasteiger partial charge >= 0.3 is 0 Å². The molecule has 0 spiro atoms. The topological polar surface area (TPSA) is 68.1 Å². The second-order valence-electron chi connectivity index (χ2n) is 6.83. The first-order valence-electron chi connectivity index (χ1n) is 9.40. The molecule has 1 saturated heterocycles. The zero-order valence-electron chi connectivity index (χ0n) is 15.6. The number of rotatable bonds is 5. The average Bonchev–Trinajstić information content (AvgIpc) is 2.75. The minimum atomic E-state index is 0.619. The molecule has 1 aromatic heterocycles. The molecule has 0 aliphatic carbocycles. The molecule has 1 aliphatic heterocycles. The number of piperazine rings is 1. The summed E-state index contributed by atoms with van der Waals surface area (Å²) in [4.78, 5) is 13.5. The van der Waals surface area contributed by atoms with Crippen LogP contribution in [0, 0.1) is 11.3 Å². The van der Waals surface area contributed by atoms with E-state index in [1.54, 1.807) is 12.4 Å². The molecule has 0 unspecified atom stereocenters. The van der Waals surface area contributed by atoms with Gasteiger partial charge in [-0.25, -0.2) is 9.97 Å². The van der Waals surface area contributed by atoms with Gasteiger partial charge in [-0.1, -0.05) is 36.4 Å². The number of nitrogens with one attached hydrogen (secondary N) is 1. The molecule has 1 fully saturated rings. The summed E-state index contributed by atoms with van der Waals surface area (Å²) in [6.45, 7) is 4.87. The van der Waals surface area contributed by atoms with Crippen molar-refractivity contribution >= 4 is 17.3 Å². The minimum Gasteiger partial charge on any atom is -0.354 e. The third-order valence-corrected chi connectivity index (χ3v) is 4.86. The van der Waals surface area contributed by atoms with Crippen molar-refractivity contribution in [2.45, 2.75) is 6.54 Å². The largest absolute Gasteiger partial charge is 0.354 e. The molecule has 6 heteroatoms. The van der Waals surface area contributed by atoms with Crippen LogP contribution in [0.2, 0.25) is 0 Å². The molecule has 1 N–H and O–H groups in total. The summed E-state index contributed by atoms with van der Waals surface area (Å²) in [5.41, 5.74) is 2.81. The standard InChI is InChI=1S/C22H22N6/c23-15-19-7-4-8-20(13-19)26-21-14-22(25-17-24-21)28-11-9-27(10-12-28)16-18-5-2-1-3-6-18/h1-8,13-14,17H,9-12,16H2,(H,24,25,26). The van der Waals surface area contributed by atoms with Crippen LogP contribution in [-0.2, 0) is 6.54 Å². The van der Waals surface area contributed by atoms with E-state index >= 15 is 0 Å². The Hall–Kier alpha value is -3.43. The fourth-order valence-electron chi connectivity index (χ4n) is 3.38. The molecular weight excluding hydrogens is 348 g/mol. The summed E-state index contributed by atoms with van der Waals surface area (Å²) in [6, 6.07) is 22.1. The summed E-state index contributed by atoms with van der Waals surface area (Å²) >= 11 is 0. The Kier molecular flexibility index (Phi) is 5.46. The lowest BCUT2D eigenvalue weighted by Crippen LogP contribution is -2.46. The van der Waals surface area contributed by atoms with Gasteiger partial charge in [0, 0.05) is 44.5 Å². The number of hydrogen-bond donors (Lipinski definition) is 1. The SMILES string of the molecule is N#Cc1cccc(Nc2cc(N3CCN(Cc4ccccc4)CC3)ncn2)c1. The van der Waals surface area contributed by atoms with Crippen LogP contribution in [0.25, 0.3) is 0 Å². The number of anilines is 3. The van der Waals surface area contributed by atoms with Gasteiger partial charge in [-0.3, -0.25) is 4.90 Å². The van der Waals surface area contributed by atoms with Crippen LogP contribution in [0.1, 0.15) is 11.1 Å². The molecule has 0 atom stereocenters. The monoisotopic (exact) mass is 370 g/mol. The second-order valence-corrected chi connectivity index (χ2v) is 6.83. The zero-order valence-corrected chi connectivity index (χ0v) is 15.6. The van der Waals surface area contributed by atoms with Gasteiger partial charge in [-0.2, -0.15) is 5.26 Å². The quantitative estimate of drug-likeness (QED) is 0.742. The summed E-state index contributed by atoms with van der Waals surface area (Å²) in [5, 5.41) is 12.3. The highest BCUT2D eigenvalue weighted by Crippen LogP contribution is 2.20. The van der Waals surface area contributed by atoms with Crippen LogP contribution in [0.4, 0.5) is 17.3 Å². The predicted octanol–water partition coefficient (Wildman–Crippen LogP) is 3.41. The molecule has 0 amide bonds. The van der Waals surface area contributed by atoms with Crippen LogP contribution in [0.3, 0.4) is 0 Å². The third-order valence-electron chi connectivity index (χ3n) is 4.86. The van der Waals surface area contributed by atoms with Crippen molar-refractivity contribution in [3.05, 3.63) is 78.1 Å². The number of nitriles is 1. The molecular formula is C22H22N6. The highest BCUT2D eigenvalue weighted by Gasteiger charge is 2.18. The fraction of sp³-hybridized carbons (Fsp3) is 0.227. The highest BCUT2D eigenvalue weighted by molar-refractivity contribution is 5.61. The Bertz CT molecular complexity index is 958. The second kappa shape index (κ2) is 8.51. The van der Waals surface area contributed by atoms with E-state index in [1.165, 1.54) is 5.56 Å². The van der Waals surface area contributed by atoms with Gasteiger partial charge in [0.2, 0.25) is 0 Å². The Labute approximate surface area is 165 Å². The lowest BCUT2D eigenvalue weighted by Gasteiger charge is -2.35. The first kappa shape index (κ1) is 18.0. The van der Waals surface area contributed by atoms with E-state index in [0.717, 1.165) is 50.0 Å². The maximum atomic E-state index is 9.04. The van der Waals surface area contributed by atoms with E-state index in [-0.39, 0.29) is 0 Å². The van der Waals surface area contributed by atoms with Crippen molar-refractivity contribution in [3.63, 3.8) is 0 Å². The Morgan fingerprint density at radius 2 is 1.75 bits per heavy atom. The van der Waals surface area contributed by atoms with Crippen LogP contribution in [-0.4, -0.2) is 41.0 Å². The normalized spacial score (nSPS) is 14.5. The molecule has 2 aromatic carbocycles. The molecule has 0 radical (unpaired) electrons. The highest BCUT2D eigenvalue weighted by atomic mass is 15.3. The van der Waals surface area contributed by atoms with Crippen molar-refractivity contribution in [1.29, 1.82) is 5.26 Å². The van der Waals surface area contributed by atoms with Crippen molar-refractivity contribution in [3.8, 4) is 6.07 Å². The van der Waals surface area contributed by atoms with E-state index in [9.17, 15) is 0 Å². The van der Waals surface area contributed by atoms with Gasteiger partial charge < -0.3 is 10.2 Å². The summed E-state index contributed by atoms with van der Waals surface area (Å²) in [7, 11) is 0. The van der Waals surface area contributed by atoms with E-state index in [0.29, 0.717) is 5.56 Å². The van der Waals surface area contributed by atoms with Crippen LogP contribution >= 0.6 is 0 Å². The zero-order chi connectivity index (χ0) is 19.2. The molecule has 3 aromatic rings. The summed E-state index contributed by atoms with van der Waals surface area (Å²) in [6.07, 6.45) is 1.59. The minimum absolute atomic E-state index is 0.619. The van der Waals surface area contributed by atoms with Crippen LogP contribution < -0.4 is 10.2 Å². The molecule has 140 valence electrons. The molecule has 0 bridgehead atoms. The van der Waals surface area contributed by atoms with Gasteiger partial charge in [0.25, 0.3) is 0 Å². The van der Waals surface area contributed by atoms with Crippen molar-refractivity contribution in [2.24, 2.45) is 0 Å². The Balaban J connectivity index is 1.38. The number of hydrogen-bond acceptors (Lipinski definition) is 6. The number of nitrogens with zero attached hydrogens (tertiary/aromatic N) is 5. The van der Waals surface area contributed by atoms with Gasteiger partial charge in [0.1, 0.15) is 18.0 Å². The molecule has 4 rings (SSSR count). The van der Waals surface area contributed by atoms with Gasteiger partial charge in [-0.15, -0.1) is 0 Å². The van der Waals surface area contributed by atoms with Crippen molar-refractivity contribution in [1.82, 2.24) is 14.9 Å². The Morgan fingerprint density at radius 3 is 2.54 bits per heavy atom. The van der Waals surface area contributed by atoms with E-state index in [2.05, 4.69) is 61.5 Å². The average molecular weight is 370 g/mol. The lowest BCUT2D eigenvalue weighted by molar-refractivity contribution is 0.249. The first-order chi connectivity index (χ1) is 13.8. The smallest absolute Gasteiger partial charge is 0.135 e. The molecule has 6 nitrogen and oxygen atoms in total. The molecule has 2 heterocycles. The molecule has 1 aliphatic rings. The predicted molar refractivity (Wildman–Crippen MR) is 110 cm³/mol. The maximum absolute atomic E-state index is 9.04. The van der Waals surface area contributed by atoms with Crippen LogP contribution in [0.5, 0.6) is 0 Å². The molecule has 0 saturated carbocycles. The summed E-state index contributed by atoms with van der Waals surface area (Å²) < 4.78 is 0. The van der Waals surface area contributed by atoms with Gasteiger partial charge in [0.15, 0.2) is 0 Å². The Morgan fingerprint density at radius 1 is 0.929 bits per heavy atom. The van der Waals surface area contributed by atoms with Crippen molar-refractivity contribution < 1.29 is 0 Å². The molecule has 28 heavy (non-hydrogen) atoms. The lowest BCUT2D eigenvalue weighted by atomic mass is 10.2. The van der Waals surface area contributed by atoms with E-state index in [4.69, 9.17) is 5.26 Å². The maximum Gasteiger partial charge on any atom is 0.135 e. The van der Waals surface area contributed by atoms with Crippen LogP contribution in [0.15, 0.2) is 67.0 Å². The van der Waals surface area contributed by atoms with E-state index in [1.807, 2.05) is 24.3 Å². The van der Waals surface area contributed by atoms with Crippen molar-refractivity contribution in [2.75, 3.05) is 36.4 Å². The van der Waals surface area contributed by atoms with E-state index < -0.39 is 0 Å². The van der Waals surface area contributed by atoms with Gasteiger partial charge in [-0.05, 0) is 23.8 Å². The van der Waals surface area contributed by atoms with Gasteiger partial charge in [0.05, 0.1) is 11.6 Å².